The van der Waals surface area contributed by atoms with E-state index >= 15 is 0 Å². The normalized spacial score (nSPS) is 31.6. The van der Waals surface area contributed by atoms with Crippen LogP contribution in [0.4, 0.5) is 0 Å². The Morgan fingerprint density at radius 2 is 2.11 bits per heavy atom. The number of allylic oxidation sites excluding steroid dienone is 1. The second-order valence-electron chi connectivity index (χ2n) is 5.39. The fourth-order valence-corrected chi connectivity index (χ4v) is 2.33. The lowest BCUT2D eigenvalue weighted by molar-refractivity contribution is -0.00204. The number of ether oxygens (including phenoxy) is 2. The summed E-state index contributed by atoms with van der Waals surface area (Å²) in [5, 5.41) is 10.3. The Kier molecular flexibility index (Phi) is 8.03. The van der Waals surface area contributed by atoms with Gasteiger partial charge >= 0.3 is 0 Å². The monoisotopic (exact) mass is 268 g/mol. The summed E-state index contributed by atoms with van der Waals surface area (Å²) in [5.41, 5.74) is 1.17. The second kappa shape index (κ2) is 9.29. The molecule has 3 heteroatoms. The van der Waals surface area contributed by atoms with Crippen molar-refractivity contribution >= 4 is 0 Å². The lowest BCUT2D eigenvalue weighted by Crippen LogP contribution is -2.31. The van der Waals surface area contributed by atoms with E-state index in [-0.39, 0.29) is 12.0 Å². The third-order valence-corrected chi connectivity index (χ3v) is 3.51. The molecule has 3 nitrogen and oxygen atoms in total. The summed E-state index contributed by atoms with van der Waals surface area (Å²) in [6, 6.07) is 0. The number of hydrogen-bond donors (Lipinski definition) is 1. The van der Waals surface area contributed by atoms with Crippen LogP contribution >= 0.6 is 0 Å². The van der Waals surface area contributed by atoms with Crippen molar-refractivity contribution in [3.8, 4) is 0 Å². The average Bonchev–Trinajstić information content (AvgIpc) is 2.39. The Balaban J connectivity index is 2.71. The standard InChI is InChI=1S/C16H28O3/c1-13-11-14(2)16(17)15(18-3)9-7-5-4-6-8-10-19-12-13/h7,9,11,14-17H,4-6,8,10,12H2,1-3H3/t14-,15+,16+/m1/s1. The molecule has 0 aromatic carbocycles. The molecule has 1 aliphatic heterocycles. The van der Waals surface area contributed by atoms with Crippen molar-refractivity contribution in [3.63, 3.8) is 0 Å². The van der Waals surface area contributed by atoms with Crippen LogP contribution in [0.2, 0.25) is 0 Å². The van der Waals surface area contributed by atoms with E-state index in [4.69, 9.17) is 9.47 Å². The van der Waals surface area contributed by atoms with Crippen molar-refractivity contribution in [2.24, 2.45) is 5.92 Å². The Morgan fingerprint density at radius 1 is 1.32 bits per heavy atom. The number of methoxy groups -OCH3 is 1. The highest BCUT2D eigenvalue weighted by molar-refractivity contribution is 5.05. The molecule has 3 atom stereocenters. The zero-order chi connectivity index (χ0) is 14.1. The SMILES string of the molecule is CO[C@H]1C=CCCCCCOCC(C)=C[C@@H](C)[C@@H]1O. The summed E-state index contributed by atoms with van der Waals surface area (Å²) >= 11 is 0. The van der Waals surface area contributed by atoms with E-state index < -0.39 is 6.10 Å². The predicted octanol–water partition coefficient (Wildman–Crippen LogP) is 3.09. The van der Waals surface area contributed by atoms with Gasteiger partial charge in [0.25, 0.3) is 0 Å². The fourth-order valence-electron chi connectivity index (χ4n) is 2.33. The summed E-state index contributed by atoms with van der Waals surface area (Å²) in [5.74, 6) is 0.0566. The van der Waals surface area contributed by atoms with Gasteiger partial charge in [0, 0.05) is 19.6 Å². The van der Waals surface area contributed by atoms with Crippen LogP contribution in [0.25, 0.3) is 0 Å². The molecule has 0 unspecified atom stereocenters. The Hall–Kier alpha value is -0.640. The smallest absolute Gasteiger partial charge is 0.102 e. The lowest BCUT2D eigenvalue weighted by atomic mass is 9.96. The predicted molar refractivity (Wildman–Crippen MR) is 78.2 cm³/mol. The number of rotatable bonds is 1. The average molecular weight is 268 g/mol. The molecule has 0 aromatic heterocycles. The first-order chi connectivity index (χ1) is 9.15. The molecule has 1 aliphatic rings. The molecule has 1 N–H and O–H groups in total. The molecule has 1 rings (SSSR count). The third-order valence-electron chi connectivity index (χ3n) is 3.51. The molecular formula is C16H28O3. The van der Waals surface area contributed by atoms with Gasteiger partial charge in [-0.15, -0.1) is 0 Å². The van der Waals surface area contributed by atoms with Gasteiger partial charge < -0.3 is 14.6 Å². The minimum absolute atomic E-state index is 0.0566. The van der Waals surface area contributed by atoms with Gasteiger partial charge in [-0.3, -0.25) is 0 Å². The maximum Gasteiger partial charge on any atom is 0.102 e. The van der Waals surface area contributed by atoms with Crippen molar-refractivity contribution < 1.29 is 14.6 Å². The van der Waals surface area contributed by atoms with Crippen molar-refractivity contribution in [1.29, 1.82) is 0 Å². The Morgan fingerprint density at radius 3 is 2.84 bits per heavy atom. The van der Waals surface area contributed by atoms with E-state index in [2.05, 4.69) is 12.2 Å². The third kappa shape index (κ3) is 6.37. The molecule has 1 heterocycles. The van der Waals surface area contributed by atoms with Crippen LogP contribution in [0, 0.1) is 5.92 Å². The molecule has 0 aromatic rings. The number of aliphatic hydroxyl groups excluding tert-OH is 1. The number of hydrogen-bond acceptors (Lipinski definition) is 3. The van der Waals surface area contributed by atoms with Crippen molar-refractivity contribution in [1.82, 2.24) is 0 Å². The highest BCUT2D eigenvalue weighted by atomic mass is 16.5. The molecule has 0 saturated heterocycles. The minimum atomic E-state index is -0.515. The quantitative estimate of drug-likeness (QED) is 0.743. The van der Waals surface area contributed by atoms with E-state index in [1.54, 1.807) is 7.11 Å². The van der Waals surface area contributed by atoms with Crippen LogP contribution < -0.4 is 0 Å². The van der Waals surface area contributed by atoms with E-state index in [0.29, 0.717) is 6.61 Å². The fraction of sp³-hybridized carbons (Fsp3) is 0.750. The molecular weight excluding hydrogens is 240 g/mol. The molecule has 0 radical (unpaired) electrons. The first-order valence-corrected chi connectivity index (χ1v) is 7.27. The van der Waals surface area contributed by atoms with Crippen LogP contribution in [-0.2, 0) is 9.47 Å². The van der Waals surface area contributed by atoms with Gasteiger partial charge in [0.05, 0.1) is 12.7 Å². The van der Waals surface area contributed by atoms with E-state index in [9.17, 15) is 5.11 Å². The van der Waals surface area contributed by atoms with Gasteiger partial charge in [-0.2, -0.15) is 0 Å². The number of aliphatic hydroxyl groups is 1. The van der Waals surface area contributed by atoms with Crippen molar-refractivity contribution in [2.45, 2.75) is 51.7 Å². The molecule has 110 valence electrons. The Bertz CT molecular complexity index is 296. The molecule has 19 heavy (non-hydrogen) atoms. The molecule has 0 amide bonds. The highest BCUT2D eigenvalue weighted by Gasteiger charge is 2.21. The van der Waals surface area contributed by atoms with Gasteiger partial charge in [-0.25, -0.2) is 0 Å². The van der Waals surface area contributed by atoms with Gasteiger partial charge in [0.2, 0.25) is 0 Å². The van der Waals surface area contributed by atoms with E-state index in [1.165, 1.54) is 12.0 Å². The molecule has 0 bridgehead atoms. The van der Waals surface area contributed by atoms with Gasteiger partial charge in [0.15, 0.2) is 0 Å². The van der Waals surface area contributed by atoms with Crippen molar-refractivity contribution in [2.75, 3.05) is 20.3 Å². The van der Waals surface area contributed by atoms with Crippen LogP contribution in [0.15, 0.2) is 23.8 Å². The summed E-state index contributed by atoms with van der Waals surface area (Å²) in [7, 11) is 1.65. The summed E-state index contributed by atoms with van der Waals surface area (Å²) < 4.78 is 11.0. The van der Waals surface area contributed by atoms with E-state index in [1.807, 2.05) is 19.9 Å². The maximum absolute atomic E-state index is 10.3. The molecule has 0 spiro atoms. The second-order valence-corrected chi connectivity index (χ2v) is 5.39. The summed E-state index contributed by atoms with van der Waals surface area (Å²) in [6.07, 6.45) is 9.95. The molecule has 0 aliphatic carbocycles. The topological polar surface area (TPSA) is 38.7 Å². The lowest BCUT2D eigenvalue weighted by Gasteiger charge is -2.23. The van der Waals surface area contributed by atoms with Crippen LogP contribution in [0.3, 0.4) is 0 Å². The van der Waals surface area contributed by atoms with E-state index in [0.717, 1.165) is 25.9 Å². The highest BCUT2D eigenvalue weighted by Crippen LogP contribution is 2.16. The first-order valence-electron chi connectivity index (χ1n) is 7.27. The maximum atomic E-state index is 10.3. The van der Waals surface area contributed by atoms with Gasteiger partial charge in [-0.1, -0.05) is 37.1 Å². The molecule has 0 fully saturated rings. The van der Waals surface area contributed by atoms with Crippen LogP contribution in [0.1, 0.15) is 39.5 Å². The Labute approximate surface area is 117 Å². The zero-order valence-corrected chi connectivity index (χ0v) is 12.5. The molecule has 0 saturated carbocycles. The largest absolute Gasteiger partial charge is 0.389 e. The van der Waals surface area contributed by atoms with Gasteiger partial charge in [0.1, 0.15) is 6.10 Å². The summed E-state index contributed by atoms with van der Waals surface area (Å²) in [4.78, 5) is 0. The zero-order valence-electron chi connectivity index (χ0n) is 12.5. The van der Waals surface area contributed by atoms with Crippen LogP contribution in [-0.4, -0.2) is 37.6 Å². The van der Waals surface area contributed by atoms with Crippen LogP contribution in [0.5, 0.6) is 0 Å². The first kappa shape index (κ1) is 16.4. The summed E-state index contributed by atoms with van der Waals surface area (Å²) in [6.45, 7) is 5.55. The van der Waals surface area contributed by atoms with Crippen molar-refractivity contribution in [3.05, 3.63) is 23.8 Å². The van der Waals surface area contributed by atoms with Gasteiger partial charge in [-0.05, 0) is 26.2 Å². The minimum Gasteiger partial charge on any atom is -0.389 e.